The lowest BCUT2D eigenvalue weighted by Gasteiger charge is -2.63. The van der Waals surface area contributed by atoms with E-state index < -0.39 is 12.2 Å². The summed E-state index contributed by atoms with van der Waals surface area (Å²) >= 11 is 0. The van der Waals surface area contributed by atoms with Crippen LogP contribution in [0.5, 0.6) is 0 Å². The Bertz CT molecular complexity index is 942. The maximum atomic E-state index is 13.0. The third-order valence-corrected chi connectivity index (χ3v) is 8.02. The average Bonchev–Trinajstić information content (AvgIpc) is 2.76. The predicted octanol–water partition coefficient (Wildman–Crippen LogP) is 5.39. The van der Waals surface area contributed by atoms with Gasteiger partial charge in [-0.05, 0) is 54.6 Å². The molecule has 2 aromatic rings. The highest BCUT2D eigenvalue weighted by Crippen LogP contribution is 2.63. The van der Waals surface area contributed by atoms with Gasteiger partial charge in [0, 0.05) is 11.3 Å². The summed E-state index contributed by atoms with van der Waals surface area (Å²) < 4.78 is 12.3. The van der Waals surface area contributed by atoms with Crippen molar-refractivity contribution >= 4 is 21.2 Å². The van der Waals surface area contributed by atoms with Crippen LogP contribution in [-0.2, 0) is 9.47 Å². The van der Waals surface area contributed by atoms with Crippen molar-refractivity contribution in [2.24, 2.45) is 22.7 Å². The molecule has 0 heterocycles. The van der Waals surface area contributed by atoms with E-state index in [2.05, 4.69) is 30.0 Å². The Morgan fingerprint density at radius 3 is 1.94 bits per heavy atom. The molecule has 2 bridgehead atoms. The Kier molecular flexibility index (Phi) is 5.96. The summed E-state index contributed by atoms with van der Waals surface area (Å²) in [6, 6.07) is 18.1. The van der Waals surface area contributed by atoms with Crippen molar-refractivity contribution in [3.63, 3.8) is 0 Å². The Labute approximate surface area is 186 Å². The summed E-state index contributed by atoms with van der Waals surface area (Å²) in [5.41, 5.74) is 0.769. The van der Waals surface area contributed by atoms with Crippen molar-refractivity contribution in [1.82, 2.24) is 0 Å². The van der Waals surface area contributed by atoms with Gasteiger partial charge in [0.25, 0.3) is 0 Å². The van der Waals surface area contributed by atoms with Gasteiger partial charge in [0.1, 0.15) is 12.2 Å². The number of esters is 2. The number of benzene rings is 2. The van der Waals surface area contributed by atoms with Crippen LogP contribution in [0.15, 0.2) is 60.7 Å². The van der Waals surface area contributed by atoms with Crippen LogP contribution < -0.4 is 0 Å². The fourth-order valence-corrected chi connectivity index (χ4v) is 6.82. The van der Waals surface area contributed by atoms with E-state index in [0.29, 0.717) is 17.0 Å². The zero-order valence-corrected chi connectivity index (χ0v) is 19.6. The molecule has 6 unspecified atom stereocenters. The molecule has 3 fully saturated rings. The van der Waals surface area contributed by atoms with Crippen LogP contribution in [0.3, 0.4) is 0 Å². The zero-order valence-electron chi connectivity index (χ0n) is 18.4. The fraction of sp³-hybridized carbons (Fsp3) is 0.462. The van der Waals surface area contributed by atoms with E-state index in [0.717, 1.165) is 19.0 Å². The third-order valence-electron chi connectivity index (χ3n) is 7.21. The van der Waals surface area contributed by atoms with Crippen molar-refractivity contribution in [3.8, 4) is 0 Å². The Balaban J connectivity index is 1.70. The first-order valence-electron chi connectivity index (χ1n) is 11.0. The number of fused-ring (bicyclic) bond motifs is 3. The molecule has 0 spiro atoms. The fourth-order valence-electron chi connectivity index (χ4n) is 6.28. The molecule has 31 heavy (non-hydrogen) atoms. The van der Waals surface area contributed by atoms with Crippen molar-refractivity contribution in [2.45, 2.75) is 45.8 Å². The number of hydrogen-bond acceptors (Lipinski definition) is 4. The van der Waals surface area contributed by atoms with Crippen LogP contribution in [0.1, 0.15) is 54.3 Å². The number of rotatable bonds is 5. The first kappa shape index (κ1) is 22.0. The molecule has 3 aliphatic rings. The summed E-state index contributed by atoms with van der Waals surface area (Å²) in [4.78, 5) is 26.1. The summed E-state index contributed by atoms with van der Waals surface area (Å²) in [5, 5.41) is 0. The van der Waals surface area contributed by atoms with E-state index in [-0.39, 0.29) is 28.7 Å². The van der Waals surface area contributed by atoms with Gasteiger partial charge < -0.3 is 9.47 Å². The van der Waals surface area contributed by atoms with E-state index in [4.69, 9.17) is 9.47 Å². The van der Waals surface area contributed by atoms with E-state index in [1.807, 2.05) is 36.4 Å². The minimum absolute atomic E-state index is 0.0223. The Morgan fingerprint density at radius 2 is 1.45 bits per heavy atom. The SMILES string of the molecule is CC1CC2(CP)CC(C)(C)C1C(OC(=O)c1ccccc1)C2OC(=O)c1ccccc1. The molecule has 3 saturated carbocycles. The van der Waals surface area contributed by atoms with E-state index in [1.54, 1.807) is 24.3 Å². The van der Waals surface area contributed by atoms with Gasteiger partial charge >= 0.3 is 11.9 Å². The standard InChI is InChI=1S/C26H31O4P/c1-17-14-26(16-31)15-25(2,3)20(17)21(29-23(27)18-10-6-4-7-11-18)22(26)30-24(28)19-12-8-5-9-13-19/h4-13,17,20-22H,14-16,31H2,1-3H3. The highest BCUT2D eigenvalue weighted by atomic mass is 31.0. The third kappa shape index (κ3) is 4.03. The summed E-state index contributed by atoms with van der Waals surface area (Å²) in [6.45, 7) is 6.74. The van der Waals surface area contributed by atoms with Gasteiger partial charge in [-0.1, -0.05) is 57.2 Å². The molecule has 0 aliphatic heterocycles. The highest BCUT2D eigenvalue weighted by molar-refractivity contribution is 7.16. The van der Waals surface area contributed by atoms with Crippen molar-refractivity contribution in [2.75, 3.05) is 6.16 Å². The van der Waals surface area contributed by atoms with Gasteiger partial charge in [-0.2, -0.15) is 0 Å². The Hall–Kier alpha value is -2.19. The van der Waals surface area contributed by atoms with E-state index in [9.17, 15) is 9.59 Å². The molecular weight excluding hydrogens is 407 g/mol. The second-order valence-corrected chi connectivity index (χ2v) is 10.3. The normalized spacial score (nSPS) is 31.1. The molecule has 164 valence electrons. The first-order chi connectivity index (χ1) is 14.8. The summed E-state index contributed by atoms with van der Waals surface area (Å²) in [7, 11) is 2.86. The minimum atomic E-state index is -0.478. The molecule has 5 rings (SSSR count). The topological polar surface area (TPSA) is 52.6 Å². The number of hydrogen-bond donors (Lipinski definition) is 0. The molecule has 0 N–H and O–H groups in total. The van der Waals surface area contributed by atoms with Gasteiger partial charge in [-0.15, -0.1) is 9.24 Å². The quantitative estimate of drug-likeness (QED) is 0.464. The van der Waals surface area contributed by atoms with Crippen LogP contribution >= 0.6 is 9.24 Å². The summed E-state index contributed by atoms with van der Waals surface area (Å²) in [5.74, 6) is -0.236. The predicted molar refractivity (Wildman–Crippen MR) is 124 cm³/mol. The molecular formula is C26H31O4P. The van der Waals surface area contributed by atoms with Crippen LogP contribution in [-0.4, -0.2) is 30.3 Å². The van der Waals surface area contributed by atoms with Gasteiger partial charge in [0.2, 0.25) is 0 Å². The number of carbonyl (C=O) groups is 2. The second-order valence-electron chi connectivity index (χ2n) is 9.87. The molecule has 0 radical (unpaired) electrons. The minimum Gasteiger partial charge on any atom is -0.454 e. The smallest absolute Gasteiger partial charge is 0.338 e. The lowest BCUT2D eigenvalue weighted by Crippen LogP contribution is -2.66. The van der Waals surface area contributed by atoms with Crippen molar-refractivity contribution < 1.29 is 19.1 Å². The lowest BCUT2D eigenvalue weighted by molar-refractivity contribution is -0.216. The van der Waals surface area contributed by atoms with Crippen LogP contribution in [0.25, 0.3) is 0 Å². The second kappa shape index (κ2) is 8.39. The largest absolute Gasteiger partial charge is 0.454 e. The summed E-state index contributed by atoms with van der Waals surface area (Å²) in [6.07, 6.45) is 1.73. The number of carbonyl (C=O) groups excluding carboxylic acids is 2. The van der Waals surface area contributed by atoms with Crippen molar-refractivity contribution in [1.29, 1.82) is 0 Å². The molecule has 0 saturated heterocycles. The maximum absolute atomic E-state index is 13.0. The maximum Gasteiger partial charge on any atom is 0.338 e. The van der Waals surface area contributed by atoms with Crippen LogP contribution in [0, 0.1) is 22.7 Å². The van der Waals surface area contributed by atoms with Crippen LogP contribution in [0.4, 0.5) is 0 Å². The molecule has 4 nitrogen and oxygen atoms in total. The van der Waals surface area contributed by atoms with Gasteiger partial charge in [0.05, 0.1) is 11.1 Å². The van der Waals surface area contributed by atoms with Crippen molar-refractivity contribution in [3.05, 3.63) is 71.8 Å². The molecule has 5 heteroatoms. The van der Waals surface area contributed by atoms with E-state index in [1.165, 1.54) is 0 Å². The molecule has 3 aliphatic carbocycles. The first-order valence-corrected chi connectivity index (χ1v) is 11.8. The molecule has 0 aromatic heterocycles. The monoisotopic (exact) mass is 438 g/mol. The highest BCUT2D eigenvalue weighted by Gasteiger charge is 2.64. The van der Waals surface area contributed by atoms with E-state index >= 15 is 0 Å². The van der Waals surface area contributed by atoms with Gasteiger partial charge in [-0.3, -0.25) is 0 Å². The molecule has 6 atom stereocenters. The van der Waals surface area contributed by atoms with Crippen LogP contribution in [0.2, 0.25) is 0 Å². The molecule has 2 aromatic carbocycles. The average molecular weight is 439 g/mol. The molecule has 0 amide bonds. The van der Waals surface area contributed by atoms with Gasteiger partial charge in [0.15, 0.2) is 0 Å². The number of ether oxygens (including phenoxy) is 2. The van der Waals surface area contributed by atoms with Gasteiger partial charge in [-0.25, -0.2) is 9.59 Å². The lowest BCUT2D eigenvalue weighted by atomic mass is 9.46. The Morgan fingerprint density at radius 1 is 0.935 bits per heavy atom. The zero-order chi connectivity index (χ0) is 22.2.